The highest BCUT2D eigenvalue weighted by molar-refractivity contribution is 5.91. The predicted octanol–water partition coefficient (Wildman–Crippen LogP) is 0.991. The fourth-order valence-electron chi connectivity index (χ4n) is 2.73. The number of rotatable bonds is 6. The molecule has 1 aromatic rings. The van der Waals surface area contributed by atoms with Crippen LogP contribution in [0.2, 0.25) is 0 Å². The van der Waals surface area contributed by atoms with Gasteiger partial charge in [0.1, 0.15) is 18.0 Å². The van der Waals surface area contributed by atoms with Crippen LogP contribution in [-0.4, -0.2) is 55.6 Å². The topological polar surface area (TPSA) is 70.7 Å². The Hall–Kier alpha value is -2.15. The summed E-state index contributed by atoms with van der Waals surface area (Å²) in [5, 5.41) is 5.72. The monoisotopic (exact) mass is 323 g/mol. The van der Waals surface area contributed by atoms with E-state index < -0.39 is 5.54 Å². The fraction of sp³-hybridized carbons (Fsp3) is 0.500. The molecule has 1 fully saturated rings. The molecule has 0 saturated carbocycles. The third-order valence-electron chi connectivity index (χ3n) is 3.92. The van der Waals surface area contributed by atoms with E-state index in [1.165, 1.54) is 12.1 Å². The van der Waals surface area contributed by atoms with Crippen molar-refractivity contribution in [3.05, 3.63) is 30.1 Å². The summed E-state index contributed by atoms with van der Waals surface area (Å²) in [6.45, 7) is 2.94. The number of nitrogens with zero attached hydrogens (tertiary/aromatic N) is 1. The lowest BCUT2D eigenvalue weighted by molar-refractivity contribution is -0.135. The zero-order chi connectivity index (χ0) is 16.9. The van der Waals surface area contributed by atoms with Gasteiger partial charge < -0.3 is 20.3 Å². The second-order valence-electron chi connectivity index (χ2n) is 5.50. The molecule has 1 aromatic carbocycles. The van der Waals surface area contributed by atoms with Gasteiger partial charge in [-0.2, -0.15) is 0 Å². The van der Waals surface area contributed by atoms with Crippen molar-refractivity contribution in [1.82, 2.24) is 10.2 Å². The van der Waals surface area contributed by atoms with Crippen molar-refractivity contribution in [1.29, 1.82) is 0 Å². The molecule has 7 heteroatoms. The Morgan fingerprint density at radius 2 is 2.22 bits per heavy atom. The number of hydrogen-bond acceptors (Lipinski definition) is 4. The SMILES string of the molecule is CCOCC(=O)N1CCC(Nc2cccc(F)c2)(C(=O)NC)C1. The summed E-state index contributed by atoms with van der Waals surface area (Å²) in [4.78, 5) is 26.1. The molecule has 0 aliphatic carbocycles. The number of ether oxygens (including phenoxy) is 1. The molecule has 1 unspecified atom stereocenters. The van der Waals surface area contributed by atoms with Crippen LogP contribution in [0.15, 0.2) is 24.3 Å². The molecule has 1 aliphatic heterocycles. The van der Waals surface area contributed by atoms with Crippen LogP contribution >= 0.6 is 0 Å². The highest BCUT2D eigenvalue weighted by Gasteiger charge is 2.45. The van der Waals surface area contributed by atoms with Crippen LogP contribution in [-0.2, 0) is 14.3 Å². The van der Waals surface area contributed by atoms with E-state index in [-0.39, 0.29) is 30.8 Å². The molecule has 2 N–H and O–H groups in total. The first kappa shape index (κ1) is 17.2. The van der Waals surface area contributed by atoms with Gasteiger partial charge in [-0.05, 0) is 31.5 Å². The molecule has 0 radical (unpaired) electrons. The first-order chi connectivity index (χ1) is 11.0. The van der Waals surface area contributed by atoms with Gasteiger partial charge in [0, 0.05) is 25.9 Å². The lowest BCUT2D eigenvalue weighted by Crippen LogP contribution is -2.54. The van der Waals surface area contributed by atoms with Gasteiger partial charge in [-0.15, -0.1) is 0 Å². The molecular weight excluding hydrogens is 301 g/mol. The van der Waals surface area contributed by atoms with Gasteiger partial charge in [0.15, 0.2) is 0 Å². The van der Waals surface area contributed by atoms with Crippen LogP contribution < -0.4 is 10.6 Å². The molecule has 126 valence electrons. The number of amides is 2. The van der Waals surface area contributed by atoms with Gasteiger partial charge >= 0.3 is 0 Å². The highest BCUT2D eigenvalue weighted by Crippen LogP contribution is 2.27. The Kier molecular flexibility index (Phi) is 5.54. The lowest BCUT2D eigenvalue weighted by Gasteiger charge is -2.30. The van der Waals surface area contributed by atoms with Gasteiger partial charge in [0.05, 0.1) is 6.54 Å². The lowest BCUT2D eigenvalue weighted by atomic mass is 9.96. The van der Waals surface area contributed by atoms with E-state index >= 15 is 0 Å². The number of nitrogens with one attached hydrogen (secondary N) is 2. The Morgan fingerprint density at radius 3 is 2.87 bits per heavy atom. The second-order valence-corrected chi connectivity index (χ2v) is 5.50. The highest BCUT2D eigenvalue weighted by atomic mass is 19.1. The molecule has 0 spiro atoms. The number of anilines is 1. The average Bonchev–Trinajstić information content (AvgIpc) is 2.97. The summed E-state index contributed by atoms with van der Waals surface area (Å²) in [5.41, 5.74) is -0.461. The summed E-state index contributed by atoms with van der Waals surface area (Å²) < 4.78 is 18.5. The van der Waals surface area contributed by atoms with Gasteiger partial charge in [0.25, 0.3) is 0 Å². The predicted molar refractivity (Wildman–Crippen MR) is 84.5 cm³/mol. The largest absolute Gasteiger partial charge is 0.372 e. The molecule has 2 rings (SSSR count). The molecule has 6 nitrogen and oxygen atoms in total. The second kappa shape index (κ2) is 7.41. The fourth-order valence-corrected chi connectivity index (χ4v) is 2.73. The zero-order valence-corrected chi connectivity index (χ0v) is 13.4. The van der Waals surface area contributed by atoms with E-state index in [9.17, 15) is 14.0 Å². The minimum Gasteiger partial charge on any atom is -0.372 e. The molecule has 0 bridgehead atoms. The minimum atomic E-state index is -0.968. The first-order valence-corrected chi connectivity index (χ1v) is 7.62. The van der Waals surface area contributed by atoms with Crippen molar-refractivity contribution in [3.8, 4) is 0 Å². The van der Waals surface area contributed by atoms with Crippen LogP contribution in [0.1, 0.15) is 13.3 Å². The van der Waals surface area contributed by atoms with Crippen molar-refractivity contribution < 1.29 is 18.7 Å². The molecule has 1 atom stereocenters. The van der Waals surface area contributed by atoms with E-state index in [0.717, 1.165) is 0 Å². The van der Waals surface area contributed by atoms with E-state index in [1.807, 2.05) is 6.92 Å². The third kappa shape index (κ3) is 3.98. The van der Waals surface area contributed by atoms with E-state index in [0.29, 0.717) is 25.3 Å². The summed E-state index contributed by atoms with van der Waals surface area (Å²) in [6.07, 6.45) is 0.445. The standard InChI is InChI=1S/C16H22FN3O3/c1-3-23-10-14(21)20-8-7-16(11-20,15(22)18-2)19-13-6-4-5-12(17)9-13/h4-6,9,19H,3,7-8,10-11H2,1-2H3,(H,18,22). The number of likely N-dealkylation sites (tertiary alicyclic amines) is 1. The van der Waals surface area contributed by atoms with Gasteiger partial charge in [-0.3, -0.25) is 9.59 Å². The quantitative estimate of drug-likeness (QED) is 0.819. The minimum absolute atomic E-state index is 0.000287. The summed E-state index contributed by atoms with van der Waals surface area (Å²) in [6, 6.07) is 5.93. The molecule has 2 amide bonds. The van der Waals surface area contributed by atoms with Gasteiger partial charge in [-0.1, -0.05) is 6.07 Å². The maximum absolute atomic E-state index is 13.4. The number of benzene rings is 1. The number of likely N-dealkylation sites (N-methyl/N-ethyl adjacent to an activating group) is 1. The Labute approximate surface area is 135 Å². The summed E-state index contributed by atoms with van der Waals surface area (Å²) >= 11 is 0. The average molecular weight is 323 g/mol. The number of hydrogen-bond donors (Lipinski definition) is 2. The molecule has 1 saturated heterocycles. The van der Waals surface area contributed by atoms with Crippen molar-refractivity contribution in [2.45, 2.75) is 18.9 Å². The van der Waals surface area contributed by atoms with Crippen molar-refractivity contribution in [2.75, 3.05) is 38.7 Å². The van der Waals surface area contributed by atoms with Crippen molar-refractivity contribution in [3.63, 3.8) is 0 Å². The van der Waals surface area contributed by atoms with Crippen LogP contribution in [0, 0.1) is 5.82 Å². The number of carbonyl (C=O) groups is 2. The Bertz CT molecular complexity index is 581. The third-order valence-corrected chi connectivity index (χ3v) is 3.92. The zero-order valence-electron chi connectivity index (χ0n) is 13.4. The van der Waals surface area contributed by atoms with Crippen LogP contribution in [0.5, 0.6) is 0 Å². The number of carbonyl (C=O) groups excluding carboxylic acids is 2. The van der Waals surface area contributed by atoms with E-state index in [2.05, 4.69) is 10.6 Å². The van der Waals surface area contributed by atoms with Crippen molar-refractivity contribution >= 4 is 17.5 Å². The first-order valence-electron chi connectivity index (χ1n) is 7.62. The van der Waals surface area contributed by atoms with Crippen LogP contribution in [0.4, 0.5) is 10.1 Å². The van der Waals surface area contributed by atoms with E-state index in [4.69, 9.17) is 4.74 Å². The molecular formula is C16H22FN3O3. The molecule has 0 aromatic heterocycles. The van der Waals surface area contributed by atoms with E-state index in [1.54, 1.807) is 24.1 Å². The molecule has 1 aliphatic rings. The summed E-state index contributed by atoms with van der Waals surface area (Å²) in [5.74, 6) is -0.767. The van der Waals surface area contributed by atoms with Gasteiger partial charge in [-0.25, -0.2) is 4.39 Å². The van der Waals surface area contributed by atoms with Crippen LogP contribution in [0.25, 0.3) is 0 Å². The smallest absolute Gasteiger partial charge is 0.248 e. The van der Waals surface area contributed by atoms with Crippen LogP contribution in [0.3, 0.4) is 0 Å². The number of halogens is 1. The Balaban J connectivity index is 2.15. The molecule has 23 heavy (non-hydrogen) atoms. The van der Waals surface area contributed by atoms with Crippen molar-refractivity contribution in [2.24, 2.45) is 0 Å². The maximum Gasteiger partial charge on any atom is 0.248 e. The maximum atomic E-state index is 13.4. The van der Waals surface area contributed by atoms with Gasteiger partial charge in [0.2, 0.25) is 11.8 Å². The summed E-state index contributed by atoms with van der Waals surface area (Å²) in [7, 11) is 1.54. The molecule has 1 heterocycles. The normalized spacial score (nSPS) is 20.4. The Morgan fingerprint density at radius 1 is 1.43 bits per heavy atom.